The predicted molar refractivity (Wildman–Crippen MR) is 84.4 cm³/mol. The molecule has 1 saturated carbocycles. The molecule has 1 aliphatic carbocycles. The van der Waals surface area contributed by atoms with Crippen LogP contribution in [0.5, 0.6) is 0 Å². The highest BCUT2D eigenvalue weighted by Gasteiger charge is 2.52. The molecule has 2 amide bonds. The second-order valence-corrected chi connectivity index (χ2v) is 6.24. The van der Waals surface area contributed by atoms with Gasteiger partial charge in [-0.3, -0.25) is 9.59 Å². The number of nitrogens with zero attached hydrogens (tertiary/aromatic N) is 2. The Kier molecular flexibility index (Phi) is 4.16. The van der Waals surface area contributed by atoms with Crippen LogP contribution < -0.4 is 5.32 Å². The van der Waals surface area contributed by atoms with Gasteiger partial charge in [0.1, 0.15) is 0 Å². The average molecular weight is 301 g/mol. The lowest BCUT2D eigenvalue weighted by Gasteiger charge is -2.30. The highest BCUT2D eigenvalue weighted by Crippen LogP contribution is 2.49. The molecule has 0 aromatic heterocycles. The molecule has 2 aliphatic rings. The SMILES string of the molecule is CN(CC(=O)N1CCNCC1)C(=O)C1(c2ccccc2)CC1. The molecule has 118 valence electrons. The van der Waals surface area contributed by atoms with Gasteiger partial charge in [-0.15, -0.1) is 0 Å². The van der Waals surface area contributed by atoms with Crippen LogP contribution in [0.15, 0.2) is 30.3 Å². The molecule has 1 aromatic rings. The number of benzene rings is 1. The maximum Gasteiger partial charge on any atom is 0.242 e. The minimum absolute atomic E-state index is 0.0428. The van der Waals surface area contributed by atoms with E-state index in [2.05, 4.69) is 5.32 Å². The van der Waals surface area contributed by atoms with Gasteiger partial charge in [-0.25, -0.2) is 0 Å². The van der Waals surface area contributed by atoms with Gasteiger partial charge in [0.25, 0.3) is 0 Å². The Bertz CT molecular complexity index is 548. The maximum atomic E-state index is 12.8. The molecular weight excluding hydrogens is 278 g/mol. The summed E-state index contributed by atoms with van der Waals surface area (Å²) in [4.78, 5) is 28.5. The topological polar surface area (TPSA) is 52.7 Å². The molecule has 1 aliphatic heterocycles. The van der Waals surface area contributed by atoms with Gasteiger partial charge in [0, 0.05) is 33.2 Å². The van der Waals surface area contributed by atoms with E-state index in [1.165, 1.54) is 0 Å². The van der Waals surface area contributed by atoms with Gasteiger partial charge in [0.2, 0.25) is 11.8 Å². The van der Waals surface area contributed by atoms with Crippen molar-refractivity contribution in [2.45, 2.75) is 18.3 Å². The number of carbonyl (C=O) groups excluding carboxylic acids is 2. The van der Waals surface area contributed by atoms with E-state index in [-0.39, 0.29) is 23.8 Å². The molecule has 1 heterocycles. The van der Waals surface area contributed by atoms with Crippen molar-refractivity contribution < 1.29 is 9.59 Å². The van der Waals surface area contributed by atoms with Crippen molar-refractivity contribution in [2.75, 3.05) is 39.8 Å². The van der Waals surface area contributed by atoms with Crippen molar-refractivity contribution in [1.29, 1.82) is 0 Å². The van der Waals surface area contributed by atoms with Gasteiger partial charge in [0.05, 0.1) is 12.0 Å². The first-order chi connectivity index (χ1) is 10.6. The predicted octanol–water partition coefficient (Wildman–Crippen LogP) is 0.608. The lowest BCUT2D eigenvalue weighted by Crippen LogP contribution is -2.50. The van der Waals surface area contributed by atoms with E-state index >= 15 is 0 Å². The summed E-state index contributed by atoms with van der Waals surface area (Å²) in [6, 6.07) is 9.92. The van der Waals surface area contributed by atoms with Gasteiger partial charge in [-0.1, -0.05) is 30.3 Å². The Morgan fingerprint density at radius 1 is 1.18 bits per heavy atom. The number of amides is 2. The number of hydrogen-bond acceptors (Lipinski definition) is 3. The Labute approximate surface area is 131 Å². The third-order valence-corrected chi connectivity index (χ3v) is 4.67. The number of carbonyl (C=O) groups is 2. The van der Waals surface area contributed by atoms with E-state index in [1.807, 2.05) is 35.2 Å². The smallest absolute Gasteiger partial charge is 0.242 e. The van der Waals surface area contributed by atoms with Crippen LogP contribution in [0.2, 0.25) is 0 Å². The average Bonchev–Trinajstić information content (AvgIpc) is 3.37. The normalized spacial score (nSPS) is 19.6. The van der Waals surface area contributed by atoms with Crippen molar-refractivity contribution in [3.8, 4) is 0 Å². The zero-order valence-corrected chi connectivity index (χ0v) is 13.0. The van der Waals surface area contributed by atoms with Crippen LogP contribution >= 0.6 is 0 Å². The lowest BCUT2D eigenvalue weighted by molar-refractivity contribution is -0.141. The first kappa shape index (κ1) is 15.0. The molecule has 0 atom stereocenters. The molecule has 0 bridgehead atoms. The Balaban J connectivity index is 1.63. The van der Waals surface area contributed by atoms with Crippen LogP contribution in [0.4, 0.5) is 0 Å². The first-order valence-electron chi connectivity index (χ1n) is 7.93. The van der Waals surface area contributed by atoms with E-state index in [0.717, 1.165) is 44.6 Å². The zero-order valence-electron chi connectivity index (χ0n) is 13.0. The zero-order chi connectivity index (χ0) is 15.6. The number of rotatable bonds is 4. The Morgan fingerprint density at radius 2 is 1.82 bits per heavy atom. The third kappa shape index (κ3) is 2.86. The van der Waals surface area contributed by atoms with E-state index < -0.39 is 0 Å². The van der Waals surface area contributed by atoms with Crippen LogP contribution in [0.25, 0.3) is 0 Å². The van der Waals surface area contributed by atoms with Crippen LogP contribution in [0, 0.1) is 0 Å². The molecule has 5 heteroatoms. The standard InChI is InChI=1S/C17H23N3O2/c1-19(13-15(21)20-11-9-18-10-12-20)16(22)17(7-8-17)14-5-3-2-4-6-14/h2-6,18H,7-13H2,1H3. The van der Waals surface area contributed by atoms with E-state index in [1.54, 1.807) is 11.9 Å². The number of likely N-dealkylation sites (N-methyl/N-ethyl adjacent to an activating group) is 1. The Morgan fingerprint density at radius 3 is 2.41 bits per heavy atom. The van der Waals surface area contributed by atoms with E-state index in [0.29, 0.717) is 0 Å². The highest BCUT2D eigenvalue weighted by atomic mass is 16.2. The molecule has 22 heavy (non-hydrogen) atoms. The molecule has 1 saturated heterocycles. The summed E-state index contributed by atoms with van der Waals surface area (Å²) in [5, 5.41) is 3.23. The monoisotopic (exact) mass is 301 g/mol. The fraction of sp³-hybridized carbons (Fsp3) is 0.529. The molecular formula is C17H23N3O2. The van der Waals surface area contributed by atoms with Crippen LogP contribution in [0.1, 0.15) is 18.4 Å². The second kappa shape index (κ2) is 6.08. The number of hydrogen-bond donors (Lipinski definition) is 1. The van der Waals surface area contributed by atoms with Crippen molar-refractivity contribution >= 4 is 11.8 Å². The van der Waals surface area contributed by atoms with E-state index in [4.69, 9.17) is 0 Å². The summed E-state index contributed by atoms with van der Waals surface area (Å²) in [6.07, 6.45) is 1.75. The largest absolute Gasteiger partial charge is 0.339 e. The summed E-state index contributed by atoms with van der Waals surface area (Å²) >= 11 is 0. The summed E-state index contributed by atoms with van der Waals surface area (Å²) < 4.78 is 0. The third-order valence-electron chi connectivity index (χ3n) is 4.67. The van der Waals surface area contributed by atoms with Crippen molar-refractivity contribution in [2.24, 2.45) is 0 Å². The maximum absolute atomic E-state index is 12.8. The van der Waals surface area contributed by atoms with Crippen molar-refractivity contribution in [1.82, 2.24) is 15.1 Å². The summed E-state index contributed by atoms with van der Waals surface area (Å²) in [5.41, 5.74) is 0.682. The highest BCUT2D eigenvalue weighted by molar-refractivity contribution is 5.93. The minimum atomic E-state index is -0.389. The molecule has 0 spiro atoms. The lowest BCUT2D eigenvalue weighted by atomic mass is 9.94. The molecule has 2 fully saturated rings. The van der Waals surface area contributed by atoms with Gasteiger partial charge >= 0.3 is 0 Å². The summed E-state index contributed by atoms with van der Waals surface area (Å²) in [5.74, 6) is 0.114. The second-order valence-electron chi connectivity index (χ2n) is 6.24. The van der Waals surface area contributed by atoms with Gasteiger partial charge in [-0.2, -0.15) is 0 Å². The first-order valence-corrected chi connectivity index (χ1v) is 7.93. The van der Waals surface area contributed by atoms with Crippen LogP contribution in [-0.2, 0) is 15.0 Å². The minimum Gasteiger partial charge on any atom is -0.339 e. The summed E-state index contributed by atoms with van der Waals surface area (Å²) in [7, 11) is 1.74. The van der Waals surface area contributed by atoms with Crippen molar-refractivity contribution in [3.05, 3.63) is 35.9 Å². The molecule has 5 nitrogen and oxygen atoms in total. The van der Waals surface area contributed by atoms with Gasteiger partial charge < -0.3 is 15.1 Å². The van der Waals surface area contributed by atoms with Crippen LogP contribution in [-0.4, -0.2) is 61.4 Å². The van der Waals surface area contributed by atoms with Crippen LogP contribution in [0.3, 0.4) is 0 Å². The fourth-order valence-electron chi connectivity index (χ4n) is 3.16. The Hall–Kier alpha value is -1.88. The quantitative estimate of drug-likeness (QED) is 0.886. The molecule has 3 rings (SSSR count). The molecule has 0 unspecified atom stereocenters. The fourth-order valence-corrected chi connectivity index (χ4v) is 3.16. The summed E-state index contributed by atoms with van der Waals surface area (Å²) in [6.45, 7) is 3.29. The van der Waals surface area contributed by atoms with Crippen molar-refractivity contribution in [3.63, 3.8) is 0 Å². The molecule has 1 aromatic carbocycles. The van der Waals surface area contributed by atoms with E-state index in [9.17, 15) is 9.59 Å². The van der Waals surface area contributed by atoms with Gasteiger partial charge in [-0.05, 0) is 18.4 Å². The molecule has 0 radical (unpaired) electrons. The van der Waals surface area contributed by atoms with Gasteiger partial charge in [0.15, 0.2) is 0 Å². The number of nitrogens with one attached hydrogen (secondary N) is 1. The number of piperazine rings is 1. The molecule has 1 N–H and O–H groups in total.